The predicted molar refractivity (Wildman–Crippen MR) is 73.9 cm³/mol. The Morgan fingerprint density at radius 3 is 2.89 bits per heavy atom. The summed E-state index contributed by atoms with van der Waals surface area (Å²) in [6.45, 7) is 2.08. The van der Waals surface area contributed by atoms with Crippen molar-refractivity contribution in [1.82, 2.24) is 5.32 Å². The second-order valence-electron chi connectivity index (χ2n) is 5.64. The molecule has 1 aliphatic carbocycles. The zero-order chi connectivity index (χ0) is 13.3. The monoisotopic (exact) mass is 260 g/mol. The van der Waals surface area contributed by atoms with Crippen molar-refractivity contribution in [2.24, 2.45) is 11.3 Å². The van der Waals surface area contributed by atoms with E-state index in [1.807, 2.05) is 24.3 Å². The highest BCUT2D eigenvalue weighted by molar-refractivity contribution is 5.97. The first kappa shape index (κ1) is 12.6. The van der Waals surface area contributed by atoms with Crippen LogP contribution in [-0.4, -0.2) is 30.7 Å². The lowest BCUT2D eigenvalue weighted by Gasteiger charge is -2.22. The highest BCUT2D eigenvalue weighted by Crippen LogP contribution is 2.56. The third-order valence-corrected chi connectivity index (χ3v) is 4.44. The molecule has 19 heavy (non-hydrogen) atoms. The Kier molecular flexibility index (Phi) is 3.29. The van der Waals surface area contributed by atoms with Gasteiger partial charge in [-0.3, -0.25) is 4.79 Å². The van der Waals surface area contributed by atoms with Gasteiger partial charge in [-0.15, -0.1) is 0 Å². The number of carbonyl (C=O) groups excluding carboxylic acids is 1. The van der Waals surface area contributed by atoms with Gasteiger partial charge in [-0.05, 0) is 56.0 Å². The maximum Gasteiger partial charge on any atom is 0.230 e. The summed E-state index contributed by atoms with van der Waals surface area (Å²) in [7, 11) is 0. The van der Waals surface area contributed by atoms with Gasteiger partial charge in [0.05, 0.1) is 5.41 Å². The first-order chi connectivity index (χ1) is 9.24. The van der Waals surface area contributed by atoms with Gasteiger partial charge in [-0.2, -0.15) is 0 Å². The normalized spacial score (nSPS) is 28.6. The third-order valence-electron chi connectivity index (χ3n) is 4.44. The van der Waals surface area contributed by atoms with Crippen molar-refractivity contribution >= 4 is 11.6 Å². The van der Waals surface area contributed by atoms with E-state index in [2.05, 4.69) is 10.6 Å². The molecule has 2 atom stereocenters. The minimum absolute atomic E-state index is 0.102. The summed E-state index contributed by atoms with van der Waals surface area (Å²) < 4.78 is 0. The molecule has 3 rings (SSSR count). The number of aliphatic hydroxyl groups is 1. The zero-order valence-corrected chi connectivity index (χ0v) is 11.0. The van der Waals surface area contributed by atoms with E-state index < -0.39 is 0 Å². The fourth-order valence-electron chi connectivity index (χ4n) is 3.07. The van der Waals surface area contributed by atoms with Gasteiger partial charge in [-0.1, -0.05) is 12.1 Å². The van der Waals surface area contributed by atoms with Crippen LogP contribution in [0.25, 0.3) is 0 Å². The van der Waals surface area contributed by atoms with Crippen LogP contribution < -0.4 is 10.6 Å². The van der Waals surface area contributed by atoms with Crippen molar-refractivity contribution in [2.75, 3.05) is 25.0 Å². The van der Waals surface area contributed by atoms with E-state index in [1.54, 1.807) is 0 Å². The van der Waals surface area contributed by atoms with Crippen LogP contribution in [0.4, 0.5) is 5.69 Å². The first-order valence-electron chi connectivity index (χ1n) is 6.96. The summed E-state index contributed by atoms with van der Waals surface area (Å²) in [5, 5.41) is 15.2. The molecule has 1 amide bonds. The highest BCUT2D eigenvalue weighted by Gasteiger charge is 2.60. The Morgan fingerprint density at radius 1 is 1.42 bits per heavy atom. The van der Waals surface area contributed by atoms with E-state index in [0.29, 0.717) is 12.3 Å². The standard InChI is InChI=1S/C15H20N2O2/c18-8-5-11-1-3-13(4-2-11)17-14(19)15-6-7-16-10-12(15)9-15/h1-4,12,16,18H,5-10H2,(H,17,19). The van der Waals surface area contributed by atoms with Crippen molar-refractivity contribution in [1.29, 1.82) is 0 Å². The molecule has 1 saturated heterocycles. The van der Waals surface area contributed by atoms with Crippen LogP contribution >= 0.6 is 0 Å². The number of nitrogens with one attached hydrogen (secondary N) is 2. The molecule has 2 fully saturated rings. The van der Waals surface area contributed by atoms with Gasteiger partial charge < -0.3 is 15.7 Å². The largest absolute Gasteiger partial charge is 0.396 e. The van der Waals surface area contributed by atoms with Crippen LogP contribution in [0.15, 0.2) is 24.3 Å². The van der Waals surface area contributed by atoms with Crippen molar-refractivity contribution < 1.29 is 9.90 Å². The minimum atomic E-state index is -0.102. The zero-order valence-electron chi connectivity index (χ0n) is 11.0. The molecule has 1 heterocycles. The molecule has 0 spiro atoms. The number of rotatable bonds is 4. The number of aliphatic hydroxyl groups excluding tert-OH is 1. The third kappa shape index (κ3) is 2.38. The average molecular weight is 260 g/mol. The van der Waals surface area contributed by atoms with Crippen molar-refractivity contribution in [3.63, 3.8) is 0 Å². The van der Waals surface area contributed by atoms with Crippen LogP contribution in [0.1, 0.15) is 18.4 Å². The maximum atomic E-state index is 12.4. The summed E-state index contributed by atoms with van der Waals surface area (Å²) in [5.41, 5.74) is 1.84. The number of piperidine rings is 1. The van der Waals surface area contributed by atoms with Gasteiger partial charge in [0.15, 0.2) is 0 Å². The lowest BCUT2D eigenvalue weighted by Crippen LogP contribution is -2.36. The molecular formula is C15H20N2O2. The Balaban J connectivity index is 1.63. The molecule has 102 valence electrons. The molecule has 1 aliphatic heterocycles. The molecule has 1 saturated carbocycles. The number of hydrogen-bond donors (Lipinski definition) is 3. The summed E-state index contributed by atoms with van der Waals surface area (Å²) in [5.74, 6) is 0.698. The number of amides is 1. The fourth-order valence-corrected chi connectivity index (χ4v) is 3.07. The molecule has 0 aromatic heterocycles. The molecule has 1 aromatic rings. The van der Waals surface area contributed by atoms with E-state index in [4.69, 9.17) is 5.11 Å². The van der Waals surface area contributed by atoms with Crippen LogP contribution in [0.2, 0.25) is 0 Å². The molecule has 3 N–H and O–H groups in total. The topological polar surface area (TPSA) is 61.4 Å². The Hall–Kier alpha value is -1.39. The van der Waals surface area contributed by atoms with Crippen molar-refractivity contribution in [3.8, 4) is 0 Å². The maximum absolute atomic E-state index is 12.4. The van der Waals surface area contributed by atoms with Gasteiger partial charge in [-0.25, -0.2) is 0 Å². The van der Waals surface area contributed by atoms with E-state index >= 15 is 0 Å². The fraction of sp³-hybridized carbons (Fsp3) is 0.533. The number of carbonyl (C=O) groups is 1. The van der Waals surface area contributed by atoms with Crippen LogP contribution in [0, 0.1) is 11.3 Å². The van der Waals surface area contributed by atoms with Gasteiger partial charge in [0.1, 0.15) is 0 Å². The first-order valence-corrected chi connectivity index (χ1v) is 6.96. The molecule has 0 radical (unpaired) electrons. The van der Waals surface area contributed by atoms with Gasteiger partial charge in [0.2, 0.25) is 5.91 Å². The second-order valence-corrected chi connectivity index (χ2v) is 5.64. The molecule has 2 unspecified atom stereocenters. The Bertz CT molecular complexity index is 472. The number of anilines is 1. The summed E-state index contributed by atoms with van der Waals surface area (Å²) in [6.07, 6.45) is 2.63. The van der Waals surface area contributed by atoms with Crippen LogP contribution in [0.3, 0.4) is 0 Å². The number of fused-ring (bicyclic) bond motifs is 1. The lowest BCUT2D eigenvalue weighted by molar-refractivity contribution is -0.122. The second kappa shape index (κ2) is 4.94. The smallest absolute Gasteiger partial charge is 0.230 e. The predicted octanol–water partition coefficient (Wildman–Crippen LogP) is 1.16. The summed E-state index contributed by atoms with van der Waals surface area (Å²) in [6, 6.07) is 7.74. The van der Waals surface area contributed by atoms with Crippen LogP contribution in [-0.2, 0) is 11.2 Å². The molecule has 2 aliphatic rings. The molecule has 1 aromatic carbocycles. The Morgan fingerprint density at radius 2 is 2.21 bits per heavy atom. The Labute approximate surface area is 113 Å². The molecule has 4 nitrogen and oxygen atoms in total. The molecule has 0 bridgehead atoms. The van der Waals surface area contributed by atoms with Gasteiger partial charge in [0.25, 0.3) is 0 Å². The summed E-state index contributed by atoms with van der Waals surface area (Å²) >= 11 is 0. The summed E-state index contributed by atoms with van der Waals surface area (Å²) in [4.78, 5) is 12.4. The molecule has 4 heteroatoms. The highest BCUT2D eigenvalue weighted by atomic mass is 16.3. The molecular weight excluding hydrogens is 240 g/mol. The van der Waals surface area contributed by atoms with Crippen LogP contribution in [0.5, 0.6) is 0 Å². The van der Waals surface area contributed by atoms with E-state index in [-0.39, 0.29) is 17.9 Å². The van der Waals surface area contributed by atoms with E-state index in [9.17, 15) is 4.79 Å². The average Bonchev–Trinajstić information content (AvgIpc) is 3.17. The lowest BCUT2D eigenvalue weighted by atomic mass is 9.95. The SMILES string of the molecule is O=C(Nc1ccc(CCO)cc1)C12CCNCC1C2. The number of benzene rings is 1. The van der Waals surface area contributed by atoms with Gasteiger partial charge in [0, 0.05) is 12.3 Å². The van der Waals surface area contributed by atoms with Gasteiger partial charge >= 0.3 is 0 Å². The van der Waals surface area contributed by atoms with Crippen molar-refractivity contribution in [3.05, 3.63) is 29.8 Å². The van der Waals surface area contributed by atoms with Crippen molar-refractivity contribution in [2.45, 2.75) is 19.3 Å². The quantitative estimate of drug-likeness (QED) is 0.761. The number of hydrogen-bond acceptors (Lipinski definition) is 3. The van der Waals surface area contributed by atoms with E-state index in [0.717, 1.165) is 37.2 Å². The minimum Gasteiger partial charge on any atom is -0.396 e. The van der Waals surface area contributed by atoms with E-state index in [1.165, 1.54) is 0 Å².